The average Bonchev–Trinajstić information content (AvgIpc) is 2.99. The van der Waals surface area contributed by atoms with Crippen LogP contribution in [0.2, 0.25) is 0 Å². The summed E-state index contributed by atoms with van der Waals surface area (Å²) in [5.74, 6) is -1.74. The lowest BCUT2D eigenvalue weighted by atomic mass is 9.77. The molecule has 0 atom stereocenters. The van der Waals surface area contributed by atoms with E-state index >= 15 is 8.78 Å². The maximum Gasteiger partial charge on any atom is 0.497 e. The van der Waals surface area contributed by atoms with E-state index in [1.165, 1.54) is 31.5 Å². The first-order valence-corrected chi connectivity index (χ1v) is 12.2. The van der Waals surface area contributed by atoms with Crippen LogP contribution in [0.1, 0.15) is 61.0 Å². The van der Waals surface area contributed by atoms with Crippen molar-refractivity contribution in [3.63, 3.8) is 0 Å². The van der Waals surface area contributed by atoms with E-state index in [4.69, 9.17) is 19.5 Å². The summed E-state index contributed by atoms with van der Waals surface area (Å²) in [5.41, 5.74) is -1.55. The molecule has 1 aromatic carbocycles. The van der Waals surface area contributed by atoms with E-state index in [-0.39, 0.29) is 22.3 Å². The summed E-state index contributed by atoms with van der Waals surface area (Å²) in [6, 6.07) is 6.10. The number of nitrogens with one attached hydrogen (secondary N) is 2. The summed E-state index contributed by atoms with van der Waals surface area (Å²) in [7, 11) is 0.607. The minimum absolute atomic E-state index is 0.0294. The summed E-state index contributed by atoms with van der Waals surface area (Å²) in [6.07, 6.45) is 2.33. The fourth-order valence-corrected chi connectivity index (χ4v) is 3.64. The van der Waals surface area contributed by atoms with Crippen LogP contribution in [0.25, 0.3) is 5.57 Å². The van der Waals surface area contributed by atoms with Gasteiger partial charge in [0.25, 0.3) is 0 Å². The molecule has 0 aliphatic carbocycles. The van der Waals surface area contributed by atoms with E-state index < -0.39 is 41.6 Å². The van der Waals surface area contributed by atoms with Gasteiger partial charge in [0.05, 0.1) is 23.1 Å². The fourth-order valence-electron chi connectivity index (χ4n) is 3.64. The number of anilines is 2. The van der Waals surface area contributed by atoms with Gasteiger partial charge in [-0.2, -0.15) is 0 Å². The Labute approximate surface area is 223 Å². The van der Waals surface area contributed by atoms with Crippen LogP contribution < -0.4 is 15.7 Å². The summed E-state index contributed by atoms with van der Waals surface area (Å²) in [5, 5.41) is 10.8. The van der Waals surface area contributed by atoms with Crippen molar-refractivity contribution in [3.8, 4) is 0 Å². The number of rotatable bonds is 6. The molecule has 0 saturated carbocycles. The Hall–Kier alpha value is -3.31. The second kappa shape index (κ2) is 10.5. The molecule has 1 amide bonds. The molecule has 0 radical (unpaired) electrons. The first-order chi connectivity index (χ1) is 17.4. The molecular weight excluding hydrogens is 493 g/mol. The lowest BCUT2D eigenvalue weighted by Gasteiger charge is -2.32. The van der Waals surface area contributed by atoms with Gasteiger partial charge >= 0.3 is 13.2 Å². The van der Waals surface area contributed by atoms with Crippen LogP contribution in [-0.2, 0) is 14.0 Å². The number of hydrogen-bond donors (Lipinski definition) is 2. The SMILES string of the molecule is CC(=N)/C(=C\N(C)c1ccc(NC(=O)OC(C)(C)C)cn1)c1ccc(B2OC(C)(C)C(C)(C)O2)c(F)c1F. The van der Waals surface area contributed by atoms with Crippen molar-refractivity contribution in [1.82, 2.24) is 4.98 Å². The van der Waals surface area contributed by atoms with Gasteiger partial charge in [0.15, 0.2) is 11.6 Å². The van der Waals surface area contributed by atoms with E-state index in [1.807, 2.05) is 27.7 Å². The van der Waals surface area contributed by atoms with Crippen LogP contribution in [-0.4, -0.2) is 47.8 Å². The molecule has 11 heteroatoms. The molecule has 1 aliphatic rings. The molecule has 0 bridgehead atoms. The fraction of sp³-hybridized carbons (Fsp3) is 0.444. The van der Waals surface area contributed by atoms with Gasteiger partial charge in [-0.25, -0.2) is 18.6 Å². The number of benzene rings is 1. The molecule has 2 N–H and O–H groups in total. The Kier molecular flexibility index (Phi) is 8.05. The van der Waals surface area contributed by atoms with Gasteiger partial charge in [-0.3, -0.25) is 5.32 Å². The van der Waals surface area contributed by atoms with Crippen molar-refractivity contribution in [2.24, 2.45) is 0 Å². The van der Waals surface area contributed by atoms with E-state index in [1.54, 1.807) is 44.9 Å². The van der Waals surface area contributed by atoms with Crippen molar-refractivity contribution in [3.05, 3.63) is 53.9 Å². The number of nitrogens with zero attached hydrogens (tertiary/aromatic N) is 2. The lowest BCUT2D eigenvalue weighted by molar-refractivity contribution is 0.00578. The molecule has 0 unspecified atom stereocenters. The topological polar surface area (TPSA) is 96.8 Å². The summed E-state index contributed by atoms with van der Waals surface area (Å²) in [4.78, 5) is 17.8. The minimum atomic E-state index is -1.10. The number of amides is 1. The van der Waals surface area contributed by atoms with Gasteiger partial charge in [-0.15, -0.1) is 0 Å². The number of carbonyl (C=O) groups excluding carboxylic acids is 1. The normalized spacial score (nSPS) is 16.8. The Bertz CT molecular complexity index is 1240. The number of hydrogen-bond acceptors (Lipinski definition) is 7. The Balaban J connectivity index is 1.85. The van der Waals surface area contributed by atoms with Gasteiger partial charge in [0, 0.05) is 35.6 Å². The van der Waals surface area contributed by atoms with E-state index in [9.17, 15) is 4.79 Å². The molecule has 1 saturated heterocycles. The maximum atomic E-state index is 15.3. The van der Waals surface area contributed by atoms with Gasteiger partial charge in [-0.05, 0) is 67.5 Å². The van der Waals surface area contributed by atoms with Crippen LogP contribution in [0.15, 0.2) is 36.7 Å². The molecular formula is C27H35BF2N4O4. The van der Waals surface area contributed by atoms with Crippen LogP contribution in [0.4, 0.5) is 25.1 Å². The van der Waals surface area contributed by atoms with Crippen molar-refractivity contribution < 1.29 is 27.6 Å². The highest BCUT2D eigenvalue weighted by Gasteiger charge is 2.52. The van der Waals surface area contributed by atoms with Gasteiger partial charge in [0.2, 0.25) is 0 Å². The number of halogens is 2. The number of carbonyl (C=O) groups is 1. The van der Waals surface area contributed by atoms with E-state index in [2.05, 4.69) is 10.3 Å². The average molecular weight is 528 g/mol. The number of allylic oxidation sites excluding steroid dienone is 1. The van der Waals surface area contributed by atoms with Crippen LogP contribution in [0.3, 0.4) is 0 Å². The van der Waals surface area contributed by atoms with Crippen molar-refractivity contribution in [2.75, 3.05) is 17.3 Å². The minimum Gasteiger partial charge on any atom is -0.444 e. The van der Waals surface area contributed by atoms with Crippen LogP contribution >= 0.6 is 0 Å². The highest BCUT2D eigenvalue weighted by Crippen LogP contribution is 2.37. The van der Waals surface area contributed by atoms with Crippen molar-refractivity contribution in [1.29, 1.82) is 5.41 Å². The first-order valence-electron chi connectivity index (χ1n) is 12.2. The van der Waals surface area contributed by atoms with Crippen molar-refractivity contribution in [2.45, 2.75) is 72.2 Å². The second-order valence-corrected chi connectivity index (χ2v) is 11.2. The quantitative estimate of drug-likeness (QED) is 0.379. The molecule has 204 valence electrons. The third kappa shape index (κ3) is 6.39. The third-order valence-corrected chi connectivity index (χ3v) is 6.39. The highest BCUT2D eigenvalue weighted by atomic mass is 19.2. The predicted octanol–water partition coefficient (Wildman–Crippen LogP) is 5.52. The number of aromatic nitrogens is 1. The van der Waals surface area contributed by atoms with Crippen LogP contribution in [0.5, 0.6) is 0 Å². The monoisotopic (exact) mass is 528 g/mol. The number of pyridine rings is 1. The van der Waals surface area contributed by atoms with Gasteiger partial charge < -0.3 is 24.4 Å². The lowest BCUT2D eigenvalue weighted by Crippen LogP contribution is -2.41. The van der Waals surface area contributed by atoms with Gasteiger partial charge in [-0.1, -0.05) is 12.1 Å². The number of ether oxygens (including phenoxy) is 1. The molecule has 1 aromatic heterocycles. The highest BCUT2D eigenvalue weighted by molar-refractivity contribution is 6.62. The standard InChI is InChI=1S/C27H35BF2N4O4/c1-16(31)19(15-34(9)21-13-10-17(14-32-21)33-24(35)36-25(2,3)4)18-11-12-20(23(30)22(18)29)28-37-26(5,6)27(7,8)38-28/h10-15,31H,1-9H3,(H,33,35)/b19-15+,31-16?. The van der Waals surface area contributed by atoms with E-state index in [0.29, 0.717) is 11.5 Å². The molecule has 0 spiro atoms. The molecule has 38 heavy (non-hydrogen) atoms. The molecule has 2 aromatic rings. The predicted molar refractivity (Wildman–Crippen MR) is 146 cm³/mol. The molecule has 8 nitrogen and oxygen atoms in total. The summed E-state index contributed by atoms with van der Waals surface area (Å²) >= 11 is 0. The first kappa shape index (κ1) is 29.3. The maximum absolute atomic E-state index is 15.3. The Morgan fingerprint density at radius 1 is 1.11 bits per heavy atom. The largest absolute Gasteiger partial charge is 0.497 e. The van der Waals surface area contributed by atoms with E-state index in [0.717, 1.165) is 0 Å². The summed E-state index contributed by atoms with van der Waals surface area (Å²) in [6.45, 7) is 14.1. The Morgan fingerprint density at radius 3 is 2.21 bits per heavy atom. The van der Waals surface area contributed by atoms with Gasteiger partial charge in [0.1, 0.15) is 11.4 Å². The molecule has 1 fully saturated rings. The Morgan fingerprint density at radius 2 is 1.71 bits per heavy atom. The zero-order valence-electron chi connectivity index (χ0n) is 23.3. The smallest absolute Gasteiger partial charge is 0.444 e. The van der Waals surface area contributed by atoms with Crippen molar-refractivity contribution >= 4 is 41.5 Å². The molecule has 3 rings (SSSR count). The summed E-state index contributed by atoms with van der Waals surface area (Å²) < 4.78 is 47.6. The zero-order valence-corrected chi connectivity index (χ0v) is 23.3. The molecule has 2 heterocycles. The zero-order chi connectivity index (χ0) is 28.6. The second-order valence-electron chi connectivity index (χ2n) is 11.2. The molecule has 1 aliphatic heterocycles. The third-order valence-electron chi connectivity index (χ3n) is 6.39. The van der Waals surface area contributed by atoms with Crippen LogP contribution in [0, 0.1) is 17.0 Å².